The van der Waals surface area contributed by atoms with E-state index in [9.17, 15) is 0 Å². The maximum Gasteiger partial charge on any atom is 0.126 e. The quantitative estimate of drug-likeness (QED) is 0.919. The largest absolute Gasteiger partial charge is 0.325 e. The molecule has 0 spiro atoms. The summed E-state index contributed by atoms with van der Waals surface area (Å²) in [6, 6.07) is 7.65. The molecule has 0 atom stereocenters. The Morgan fingerprint density at radius 2 is 2.13 bits per heavy atom. The van der Waals surface area contributed by atoms with Crippen molar-refractivity contribution in [3.63, 3.8) is 0 Å². The Morgan fingerprint density at radius 3 is 2.73 bits per heavy atom. The first-order valence-corrected chi connectivity index (χ1v) is 6.31. The monoisotopic (exact) mass is 302 g/mol. The Kier molecular flexibility index (Phi) is 3.41. The van der Waals surface area contributed by atoms with Gasteiger partial charge in [0.25, 0.3) is 0 Å². The van der Waals surface area contributed by atoms with Gasteiger partial charge in [0, 0.05) is 12.1 Å². The topological polar surface area (TPSA) is 38.9 Å². The molecule has 5 heteroatoms. The van der Waals surface area contributed by atoms with Crippen LogP contribution in [-0.2, 0) is 6.54 Å². The van der Waals surface area contributed by atoms with Gasteiger partial charge in [0.2, 0.25) is 0 Å². The zero-order valence-electron chi connectivity index (χ0n) is 7.71. The third kappa shape index (κ3) is 2.23. The lowest BCUT2D eigenvalue weighted by Crippen LogP contribution is -1.96. The number of nitrogens with zero attached hydrogens (tertiary/aromatic N) is 1. The van der Waals surface area contributed by atoms with Crippen LogP contribution in [0.4, 0.5) is 0 Å². The van der Waals surface area contributed by atoms with Crippen LogP contribution in [0.15, 0.2) is 28.1 Å². The second kappa shape index (κ2) is 4.61. The Morgan fingerprint density at radius 1 is 1.40 bits per heavy atom. The Balaban J connectivity index is 2.50. The molecule has 2 rings (SSSR count). The highest BCUT2D eigenvalue weighted by Gasteiger charge is 2.11. The second-order valence-corrected chi connectivity index (χ2v) is 5.65. The molecule has 78 valence electrons. The van der Waals surface area contributed by atoms with E-state index in [0.29, 0.717) is 11.6 Å². The van der Waals surface area contributed by atoms with Crippen LogP contribution < -0.4 is 5.73 Å². The van der Waals surface area contributed by atoms with E-state index in [2.05, 4.69) is 20.9 Å². The van der Waals surface area contributed by atoms with Crippen LogP contribution in [0.1, 0.15) is 5.69 Å². The Hall–Kier alpha value is -0.420. The summed E-state index contributed by atoms with van der Waals surface area (Å²) in [4.78, 5) is 4.42. The number of aromatic nitrogens is 1. The number of thiazole rings is 1. The lowest BCUT2D eigenvalue weighted by atomic mass is 10.2. The normalized spacial score (nSPS) is 10.6. The van der Waals surface area contributed by atoms with Crippen LogP contribution in [0.25, 0.3) is 10.6 Å². The molecule has 1 aromatic heterocycles. The van der Waals surface area contributed by atoms with Gasteiger partial charge in [0.05, 0.1) is 14.5 Å². The molecule has 0 saturated heterocycles. The zero-order valence-corrected chi connectivity index (χ0v) is 10.9. The SMILES string of the molecule is NCc1nc(-c2ccccc2Cl)sc1Br. The van der Waals surface area contributed by atoms with E-state index in [0.717, 1.165) is 20.1 Å². The molecular weight excluding hydrogens is 296 g/mol. The van der Waals surface area contributed by atoms with Crippen molar-refractivity contribution >= 4 is 38.9 Å². The minimum absolute atomic E-state index is 0.432. The molecule has 0 aliphatic heterocycles. The van der Waals surface area contributed by atoms with Gasteiger partial charge in [-0.2, -0.15) is 0 Å². The minimum atomic E-state index is 0.432. The smallest absolute Gasteiger partial charge is 0.126 e. The highest BCUT2D eigenvalue weighted by molar-refractivity contribution is 9.11. The van der Waals surface area contributed by atoms with E-state index in [1.165, 1.54) is 0 Å². The summed E-state index contributed by atoms with van der Waals surface area (Å²) < 4.78 is 0.972. The van der Waals surface area contributed by atoms with Crippen LogP contribution in [0, 0.1) is 0 Å². The van der Waals surface area contributed by atoms with Crippen LogP contribution >= 0.6 is 38.9 Å². The molecule has 0 fully saturated rings. The predicted molar refractivity (Wildman–Crippen MR) is 68.2 cm³/mol. The van der Waals surface area contributed by atoms with E-state index in [-0.39, 0.29) is 0 Å². The summed E-state index contributed by atoms with van der Waals surface area (Å²) >= 11 is 11.1. The Labute approximate surface area is 105 Å². The molecule has 0 amide bonds. The molecule has 0 unspecified atom stereocenters. The van der Waals surface area contributed by atoms with Gasteiger partial charge in [0.15, 0.2) is 0 Å². The van der Waals surface area contributed by atoms with E-state index >= 15 is 0 Å². The third-order valence-corrected chi connectivity index (χ3v) is 4.14. The van der Waals surface area contributed by atoms with Gasteiger partial charge in [-0.05, 0) is 22.0 Å². The molecule has 0 bridgehead atoms. The van der Waals surface area contributed by atoms with Gasteiger partial charge in [-0.15, -0.1) is 11.3 Å². The highest BCUT2D eigenvalue weighted by Crippen LogP contribution is 2.35. The summed E-state index contributed by atoms with van der Waals surface area (Å²) in [5.41, 5.74) is 7.38. The molecule has 1 aromatic carbocycles. The van der Waals surface area contributed by atoms with Gasteiger partial charge in [-0.1, -0.05) is 29.8 Å². The lowest BCUT2D eigenvalue weighted by molar-refractivity contribution is 1.01. The van der Waals surface area contributed by atoms with Gasteiger partial charge >= 0.3 is 0 Å². The average Bonchev–Trinajstić information content (AvgIpc) is 2.60. The van der Waals surface area contributed by atoms with Crippen molar-refractivity contribution in [1.82, 2.24) is 4.98 Å². The van der Waals surface area contributed by atoms with Crippen molar-refractivity contribution in [1.29, 1.82) is 0 Å². The molecule has 0 aliphatic carbocycles. The van der Waals surface area contributed by atoms with Crippen molar-refractivity contribution in [3.8, 4) is 10.6 Å². The van der Waals surface area contributed by atoms with E-state index in [1.807, 2.05) is 24.3 Å². The molecule has 1 heterocycles. The Bertz CT molecular complexity index is 484. The number of halogens is 2. The van der Waals surface area contributed by atoms with Crippen LogP contribution in [0.2, 0.25) is 5.02 Å². The fourth-order valence-electron chi connectivity index (χ4n) is 1.21. The number of benzene rings is 1. The van der Waals surface area contributed by atoms with Crippen LogP contribution in [0.3, 0.4) is 0 Å². The van der Waals surface area contributed by atoms with E-state index < -0.39 is 0 Å². The molecular formula is C10H8BrClN2S. The predicted octanol–water partition coefficient (Wildman–Crippen LogP) is 3.68. The van der Waals surface area contributed by atoms with Gasteiger partial charge < -0.3 is 5.73 Å². The first kappa shape index (κ1) is 11.1. The van der Waals surface area contributed by atoms with Crippen molar-refractivity contribution in [2.75, 3.05) is 0 Å². The van der Waals surface area contributed by atoms with Crippen molar-refractivity contribution in [2.24, 2.45) is 5.73 Å². The summed E-state index contributed by atoms with van der Waals surface area (Å²) in [7, 11) is 0. The fourth-order valence-corrected chi connectivity index (χ4v) is 3.06. The van der Waals surface area contributed by atoms with E-state index in [1.54, 1.807) is 11.3 Å². The van der Waals surface area contributed by atoms with Crippen molar-refractivity contribution in [2.45, 2.75) is 6.54 Å². The highest BCUT2D eigenvalue weighted by atomic mass is 79.9. The van der Waals surface area contributed by atoms with Gasteiger partial charge in [-0.25, -0.2) is 4.98 Å². The lowest BCUT2D eigenvalue weighted by Gasteiger charge is -1.97. The molecule has 2 N–H and O–H groups in total. The standard InChI is InChI=1S/C10H8BrClN2S/c11-9-8(5-13)14-10(15-9)6-3-1-2-4-7(6)12/h1-4H,5,13H2. The second-order valence-electron chi connectivity index (χ2n) is 2.92. The molecule has 0 radical (unpaired) electrons. The molecule has 0 saturated carbocycles. The summed E-state index contributed by atoms with van der Waals surface area (Å²) in [5.74, 6) is 0. The maximum absolute atomic E-state index is 6.08. The van der Waals surface area contributed by atoms with E-state index in [4.69, 9.17) is 17.3 Å². The van der Waals surface area contributed by atoms with Crippen molar-refractivity contribution < 1.29 is 0 Å². The molecule has 15 heavy (non-hydrogen) atoms. The molecule has 2 aromatic rings. The molecule has 2 nitrogen and oxygen atoms in total. The van der Waals surface area contributed by atoms with Gasteiger partial charge in [-0.3, -0.25) is 0 Å². The average molecular weight is 304 g/mol. The number of rotatable bonds is 2. The summed E-state index contributed by atoms with van der Waals surface area (Å²) in [5, 5.41) is 1.61. The summed E-state index contributed by atoms with van der Waals surface area (Å²) in [6.07, 6.45) is 0. The maximum atomic E-state index is 6.08. The third-order valence-electron chi connectivity index (χ3n) is 1.95. The van der Waals surface area contributed by atoms with Crippen molar-refractivity contribution in [3.05, 3.63) is 38.8 Å². The minimum Gasteiger partial charge on any atom is -0.325 e. The number of nitrogens with two attached hydrogens (primary N) is 1. The zero-order chi connectivity index (χ0) is 10.8. The van der Waals surface area contributed by atoms with Crippen LogP contribution in [-0.4, -0.2) is 4.98 Å². The van der Waals surface area contributed by atoms with Gasteiger partial charge in [0.1, 0.15) is 5.01 Å². The molecule has 0 aliphatic rings. The number of hydrogen-bond acceptors (Lipinski definition) is 3. The summed E-state index contributed by atoms with van der Waals surface area (Å²) in [6.45, 7) is 0.432. The van der Waals surface area contributed by atoms with Crippen LogP contribution in [0.5, 0.6) is 0 Å². The fraction of sp³-hybridized carbons (Fsp3) is 0.100. The number of hydrogen-bond donors (Lipinski definition) is 1. The first-order chi connectivity index (χ1) is 7.22. The first-order valence-electron chi connectivity index (χ1n) is 4.32.